The predicted octanol–water partition coefficient (Wildman–Crippen LogP) is 2.97. The topological polar surface area (TPSA) is 91.6 Å². The number of aryl methyl sites for hydroxylation is 1. The van der Waals surface area contributed by atoms with Gasteiger partial charge in [0.05, 0.1) is 29.2 Å². The number of carbonyl (C=O) groups is 1. The van der Waals surface area contributed by atoms with E-state index in [9.17, 15) is 4.79 Å². The highest BCUT2D eigenvalue weighted by molar-refractivity contribution is 6.03. The van der Waals surface area contributed by atoms with Crippen molar-refractivity contribution in [3.63, 3.8) is 0 Å². The first-order chi connectivity index (χ1) is 11.7. The summed E-state index contributed by atoms with van der Waals surface area (Å²) < 4.78 is 0. The molecule has 2 aromatic heterocycles. The van der Waals surface area contributed by atoms with Crippen molar-refractivity contribution in [3.8, 4) is 17.3 Å². The molecule has 3 rings (SSSR count). The molecule has 3 aromatic rings. The summed E-state index contributed by atoms with van der Waals surface area (Å²) in [6.07, 6.45) is 4.94. The molecule has 0 fully saturated rings. The molecule has 0 aliphatic heterocycles. The van der Waals surface area contributed by atoms with Crippen molar-refractivity contribution < 1.29 is 4.79 Å². The quantitative estimate of drug-likeness (QED) is 0.802. The first kappa shape index (κ1) is 15.3. The van der Waals surface area contributed by atoms with Crippen molar-refractivity contribution >= 4 is 11.6 Å². The van der Waals surface area contributed by atoms with Crippen molar-refractivity contribution in [2.75, 3.05) is 5.32 Å². The van der Waals surface area contributed by atoms with Crippen LogP contribution in [0.25, 0.3) is 11.3 Å². The fourth-order valence-electron chi connectivity index (χ4n) is 2.17. The summed E-state index contributed by atoms with van der Waals surface area (Å²) in [6, 6.07) is 12.4. The number of hydrogen-bond acceptors (Lipinski definition) is 5. The molecular formula is C18H13N5O. The Hall–Kier alpha value is -3.59. The SMILES string of the molecule is Cc1ncc(-c2cccnc2)nc1C(=O)Nc1cccc(C#N)c1. The van der Waals surface area contributed by atoms with Crippen molar-refractivity contribution in [3.05, 3.63) is 71.9 Å². The van der Waals surface area contributed by atoms with Crippen LogP contribution >= 0.6 is 0 Å². The normalized spacial score (nSPS) is 10.0. The molecule has 1 amide bonds. The fourth-order valence-corrected chi connectivity index (χ4v) is 2.17. The van der Waals surface area contributed by atoms with Gasteiger partial charge in [0.1, 0.15) is 5.69 Å². The van der Waals surface area contributed by atoms with Gasteiger partial charge in [-0.1, -0.05) is 6.07 Å². The van der Waals surface area contributed by atoms with E-state index < -0.39 is 0 Å². The summed E-state index contributed by atoms with van der Waals surface area (Å²) in [7, 11) is 0. The number of amides is 1. The minimum atomic E-state index is -0.374. The third kappa shape index (κ3) is 3.25. The van der Waals surface area contributed by atoms with Crippen LogP contribution < -0.4 is 5.32 Å². The van der Waals surface area contributed by atoms with Gasteiger partial charge in [-0.15, -0.1) is 0 Å². The van der Waals surface area contributed by atoms with E-state index in [-0.39, 0.29) is 11.6 Å². The zero-order valence-electron chi connectivity index (χ0n) is 12.9. The number of hydrogen-bond donors (Lipinski definition) is 1. The zero-order valence-corrected chi connectivity index (χ0v) is 12.9. The summed E-state index contributed by atoms with van der Waals surface area (Å²) in [5.74, 6) is -0.374. The van der Waals surface area contributed by atoms with Gasteiger partial charge in [0.15, 0.2) is 0 Å². The molecule has 0 spiro atoms. The monoisotopic (exact) mass is 315 g/mol. The van der Waals surface area contributed by atoms with Crippen molar-refractivity contribution in [2.45, 2.75) is 6.92 Å². The van der Waals surface area contributed by atoms with Crippen molar-refractivity contribution in [1.82, 2.24) is 15.0 Å². The molecular weight excluding hydrogens is 302 g/mol. The number of nitrogens with zero attached hydrogens (tertiary/aromatic N) is 4. The first-order valence-corrected chi connectivity index (χ1v) is 7.23. The average Bonchev–Trinajstić information content (AvgIpc) is 2.63. The molecule has 6 nitrogen and oxygen atoms in total. The Morgan fingerprint density at radius 1 is 1.21 bits per heavy atom. The number of nitrogens with one attached hydrogen (secondary N) is 1. The average molecular weight is 315 g/mol. The van der Waals surface area contributed by atoms with E-state index in [4.69, 9.17) is 5.26 Å². The molecule has 24 heavy (non-hydrogen) atoms. The third-order valence-electron chi connectivity index (χ3n) is 3.38. The number of benzene rings is 1. The van der Waals surface area contributed by atoms with Crippen LogP contribution in [0.1, 0.15) is 21.7 Å². The predicted molar refractivity (Wildman–Crippen MR) is 89.1 cm³/mol. The minimum Gasteiger partial charge on any atom is -0.321 e. The Bertz CT molecular complexity index is 932. The van der Waals surface area contributed by atoms with Gasteiger partial charge in [0.2, 0.25) is 0 Å². The minimum absolute atomic E-state index is 0.235. The maximum Gasteiger partial charge on any atom is 0.276 e. The van der Waals surface area contributed by atoms with Gasteiger partial charge in [-0.3, -0.25) is 14.8 Å². The summed E-state index contributed by atoms with van der Waals surface area (Å²) in [6.45, 7) is 1.72. The van der Waals surface area contributed by atoms with Crippen LogP contribution in [0.15, 0.2) is 55.0 Å². The summed E-state index contributed by atoms with van der Waals surface area (Å²) in [5.41, 5.74) is 3.12. The van der Waals surface area contributed by atoms with E-state index in [2.05, 4.69) is 20.3 Å². The van der Waals surface area contributed by atoms with Gasteiger partial charge in [-0.25, -0.2) is 4.98 Å². The lowest BCUT2D eigenvalue weighted by Gasteiger charge is -2.08. The van der Waals surface area contributed by atoms with Gasteiger partial charge < -0.3 is 5.32 Å². The fraction of sp³-hybridized carbons (Fsp3) is 0.0556. The standard InChI is InChI=1S/C18H13N5O/c1-12-17(18(24)22-15-6-2-4-13(8-15)9-19)23-16(11-21-12)14-5-3-7-20-10-14/h2-8,10-11H,1H3,(H,22,24). The van der Waals surface area contributed by atoms with Gasteiger partial charge in [-0.2, -0.15) is 5.26 Å². The largest absolute Gasteiger partial charge is 0.321 e. The smallest absolute Gasteiger partial charge is 0.276 e. The Morgan fingerprint density at radius 3 is 2.83 bits per heavy atom. The number of nitriles is 1. The van der Waals surface area contributed by atoms with Gasteiger partial charge in [0.25, 0.3) is 5.91 Å². The van der Waals surface area contributed by atoms with Crippen LogP contribution in [0.4, 0.5) is 5.69 Å². The first-order valence-electron chi connectivity index (χ1n) is 7.23. The van der Waals surface area contributed by atoms with Gasteiger partial charge >= 0.3 is 0 Å². The highest BCUT2D eigenvalue weighted by Gasteiger charge is 2.14. The summed E-state index contributed by atoms with van der Waals surface area (Å²) in [5, 5.41) is 11.7. The van der Waals surface area contributed by atoms with E-state index in [1.165, 1.54) is 0 Å². The van der Waals surface area contributed by atoms with E-state index in [1.54, 1.807) is 55.8 Å². The van der Waals surface area contributed by atoms with Crippen LogP contribution in [0, 0.1) is 18.3 Å². The number of carbonyl (C=O) groups excluding carboxylic acids is 1. The van der Waals surface area contributed by atoms with Crippen molar-refractivity contribution in [2.24, 2.45) is 0 Å². The number of pyridine rings is 1. The molecule has 1 aromatic carbocycles. The Kier molecular flexibility index (Phi) is 4.25. The van der Waals surface area contributed by atoms with Crippen LogP contribution in [0.2, 0.25) is 0 Å². The van der Waals surface area contributed by atoms with Crippen LogP contribution in [0.5, 0.6) is 0 Å². The maximum atomic E-state index is 12.5. The third-order valence-corrected chi connectivity index (χ3v) is 3.38. The molecule has 0 aliphatic carbocycles. The Balaban J connectivity index is 1.91. The zero-order chi connectivity index (χ0) is 16.9. The second-order valence-corrected chi connectivity index (χ2v) is 5.08. The molecule has 116 valence electrons. The van der Waals surface area contributed by atoms with E-state index in [0.717, 1.165) is 5.56 Å². The number of anilines is 1. The van der Waals surface area contributed by atoms with Gasteiger partial charge in [-0.05, 0) is 37.3 Å². The highest BCUT2D eigenvalue weighted by Crippen LogP contribution is 2.17. The van der Waals surface area contributed by atoms with E-state index in [1.807, 2.05) is 12.1 Å². The lowest BCUT2D eigenvalue weighted by atomic mass is 10.2. The number of rotatable bonds is 3. The molecule has 6 heteroatoms. The van der Waals surface area contributed by atoms with Crippen LogP contribution in [-0.2, 0) is 0 Å². The molecule has 0 saturated heterocycles. The van der Waals surface area contributed by atoms with E-state index in [0.29, 0.717) is 22.6 Å². The summed E-state index contributed by atoms with van der Waals surface area (Å²) >= 11 is 0. The van der Waals surface area contributed by atoms with Crippen LogP contribution in [0.3, 0.4) is 0 Å². The van der Waals surface area contributed by atoms with Gasteiger partial charge in [0, 0.05) is 23.6 Å². The lowest BCUT2D eigenvalue weighted by Crippen LogP contribution is -2.16. The maximum absolute atomic E-state index is 12.5. The molecule has 0 bridgehead atoms. The molecule has 0 saturated carbocycles. The molecule has 0 unspecified atom stereocenters. The second-order valence-electron chi connectivity index (χ2n) is 5.08. The lowest BCUT2D eigenvalue weighted by molar-refractivity contribution is 0.102. The molecule has 0 radical (unpaired) electrons. The molecule has 0 aliphatic rings. The molecule has 1 N–H and O–H groups in total. The molecule has 2 heterocycles. The number of aromatic nitrogens is 3. The second kappa shape index (κ2) is 6.67. The van der Waals surface area contributed by atoms with Crippen LogP contribution in [-0.4, -0.2) is 20.9 Å². The van der Waals surface area contributed by atoms with Crippen molar-refractivity contribution in [1.29, 1.82) is 5.26 Å². The molecule has 0 atom stereocenters. The highest BCUT2D eigenvalue weighted by atomic mass is 16.1. The Morgan fingerprint density at radius 2 is 2.08 bits per heavy atom. The summed E-state index contributed by atoms with van der Waals surface area (Å²) in [4.78, 5) is 25.2. The Labute approximate surface area is 138 Å². The van der Waals surface area contributed by atoms with E-state index >= 15 is 0 Å².